The van der Waals surface area contributed by atoms with Crippen molar-refractivity contribution >= 4 is 0 Å². The molecule has 0 fully saturated rings. The molecule has 35 heavy (non-hydrogen) atoms. The minimum atomic E-state index is -0.587. The van der Waals surface area contributed by atoms with Gasteiger partial charge < -0.3 is 14.6 Å². The Morgan fingerprint density at radius 1 is 1.03 bits per heavy atom. The van der Waals surface area contributed by atoms with Crippen LogP contribution < -0.4 is 4.74 Å². The average Bonchev–Trinajstić information content (AvgIpc) is 3.18. The fourth-order valence-corrected chi connectivity index (χ4v) is 3.95. The van der Waals surface area contributed by atoms with Crippen LogP contribution >= 0.6 is 0 Å². The van der Waals surface area contributed by atoms with Crippen LogP contribution in [0.25, 0.3) is 5.69 Å². The van der Waals surface area contributed by atoms with Gasteiger partial charge in [-0.15, -0.1) is 0 Å². The summed E-state index contributed by atoms with van der Waals surface area (Å²) in [6, 6.07) is 15.8. The third kappa shape index (κ3) is 7.88. The number of aliphatic hydroxyl groups excluding tert-OH is 1. The van der Waals surface area contributed by atoms with Crippen LogP contribution in [0.5, 0.6) is 11.6 Å². The van der Waals surface area contributed by atoms with Crippen molar-refractivity contribution in [2.75, 3.05) is 26.3 Å². The predicted molar refractivity (Wildman–Crippen MR) is 137 cm³/mol. The summed E-state index contributed by atoms with van der Waals surface area (Å²) in [7, 11) is 0. The first-order valence-corrected chi connectivity index (χ1v) is 12.5. The van der Waals surface area contributed by atoms with Crippen LogP contribution in [-0.4, -0.2) is 52.2 Å². The number of aromatic nitrogens is 2. The molecule has 3 rings (SSSR count). The molecule has 0 saturated carbocycles. The predicted octanol–water partition coefficient (Wildman–Crippen LogP) is 5.61. The van der Waals surface area contributed by atoms with Gasteiger partial charge in [0.05, 0.1) is 29.7 Å². The van der Waals surface area contributed by atoms with Crippen molar-refractivity contribution in [2.45, 2.75) is 53.2 Å². The highest BCUT2D eigenvalue weighted by Gasteiger charge is 2.23. The Labute approximate surface area is 208 Å². The van der Waals surface area contributed by atoms with Crippen molar-refractivity contribution < 1.29 is 19.0 Å². The molecule has 7 heteroatoms. The van der Waals surface area contributed by atoms with E-state index in [1.165, 1.54) is 12.1 Å². The third-order valence-corrected chi connectivity index (χ3v) is 5.54. The van der Waals surface area contributed by atoms with Gasteiger partial charge in [-0.1, -0.05) is 45.9 Å². The Balaban J connectivity index is 1.91. The topological polar surface area (TPSA) is 59.8 Å². The van der Waals surface area contributed by atoms with E-state index < -0.39 is 6.10 Å². The second-order valence-corrected chi connectivity index (χ2v) is 9.21. The first kappa shape index (κ1) is 26.9. The molecule has 1 N–H and O–H groups in total. The van der Waals surface area contributed by atoms with Gasteiger partial charge in [0.2, 0.25) is 5.88 Å². The number of hydrogen-bond acceptors (Lipinski definition) is 5. The van der Waals surface area contributed by atoms with Crippen LogP contribution in [0.4, 0.5) is 4.39 Å². The lowest BCUT2D eigenvalue weighted by Gasteiger charge is -2.25. The van der Waals surface area contributed by atoms with Crippen LogP contribution in [0.3, 0.4) is 0 Å². The number of nitrogens with zero attached hydrogens (tertiary/aromatic N) is 3. The van der Waals surface area contributed by atoms with Crippen LogP contribution in [-0.2, 0) is 17.7 Å². The highest BCUT2D eigenvalue weighted by atomic mass is 19.1. The summed E-state index contributed by atoms with van der Waals surface area (Å²) in [4.78, 5) is 2.21. The minimum Gasteiger partial charge on any atom is -0.439 e. The monoisotopic (exact) mass is 483 g/mol. The summed E-state index contributed by atoms with van der Waals surface area (Å²) in [5.74, 6) is 1.25. The molecule has 0 aliphatic rings. The standard InChI is InChI=1S/C28H38FN3O3/c1-5-16-31(17-24(33)20-34-19-21(3)4)18-26-27(6-2)30-32(23-10-8-7-9-11-23)28(26)35-25-14-12-22(29)13-15-25/h7-15,21,24,33H,5-6,16-20H2,1-4H3. The van der Waals surface area contributed by atoms with Gasteiger partial charge in [-0.2, -0.15) is 5.10 Å². The Hall–Kier alpha value is -2.74. The van der Waals surface area contributed by atoms with E-state index >= 15 is 0 Å². The summed E-state index contributed by atoms with van der Waals surface area (Å²) >= 11 is 0. The summed E-state index contributed by atoms with van der Waals surface area (Å²) in [6.07, 6.45) is 1.09. The van der Waals surface area contributed by atoms with Gasteiger partial charge in [-0.25, -0.2) is 9.07 Å². The second-order valence-electron chi connectivity index (χ2n) is 9.21. The van der Waals surface area contributed by atoms with Gasteiger partial charge >= 0.3 is 0 Å². The van der Waals surface area contributed by atoms with E-state index in [9.17, 15) is 9.50 Å². The van der Waals surface area contributed by atoms with Crippen molar-refractivity contribution in [3.8, 4) is 17.3 Å². The third-order valence-electron chi connectivity index (χ3n) is 5.54. The van der Waals surface area contributed by atoms with E-state index in [1.807, 2.05) is 35.0 Å². The number of aliphatic hydroxyl groups is 1. The van der Waals surface area contributed by atoms with E-state index in [-0.39, 0.29) is 5.82 Å². The smallest absolute Gasteiger partial charge is 0.227 e. The van der Waals surface area contributed by atoms with Crippen molar-refractivity contribution in [3.05, 3.63) is 71.7 Å². The fraction of sp³-hybridized carbons (Fsp3) is 0.464. The Kier molecular flexibility index (Phi) is 10.3. The average molecular weight is 484 g/mol. The van der Waals surface area contributed by atoms with Gasteiger partial charge in [0, 0.05) is 19.7 Å². The molecule has 0 spiro atoms. The van der Waals surface area contributed by atoms with Gasteiger partial charge in [0.25, 0.3) is 0 Å². The molecular weight excluding hydrogens is 445 g/mol. The van der Waals surface area contributed by atoms with E-state index in [0.717, 1.165) is 36.3 Å². The Morgan fingerprint density at radius 2 is 1.74 bits per heavy atom. The molecule has 0 saturated heterocycles. The molecule has 0 aliphatic carbocycles. The molecule has 0 bridgehead atoms. The fourth-order valence-electron chi connectivity index (χ4n) is 3.95. The van der Waals surface area contributed by atoms with Gasteiger partial charge in [0.1, 0.15) is 11.6 Å². The molecule has 6 nitrogen and oxygen atoms in total. The van der Waals surface area contributed by atoms with Crippen LogP contribution in [0.2, 0.25) is 0 Å². The molecule has 1 atom stereocenters. The first-order chi connectivity index (χ1) is 16.9. The van der Waals surface area contributed by atoms with Crippen molar-refractivity contribution in [3.63, 3.8) is 0 Å². The SMILES string of the molecule is CCCN(Cc1c(CC)nn(-c2ccccc2)c1Oc1ccc(F)cc1)CC(O)COCC(C)C. The lowest BCUT2D eigenvalue weighted by Crippen LogP contribution is -2.35. The zero-order valence-corrected chi connectivity index (χ0v) is 21.3. The summed E-state index contributed by atoms with van der Waals surface area (Å²) in [5.41, 5.74) is 2.77. The highest BCUT2D eigenvalue weighted by Crippen LogP contribution is 2.32. The first-order valence-electron chi connectivity index (χ1n) is 12.5. The van der Waals surface area contributed by atoms with Crippen molar-refractivity contribution in [1.82, 2.24) is 14.7 Å². The molecule has 0 amide bonds. The number of hydrogen-bond donors (Lipinski definition) is 1. The molecule has 190 valence electrons. The summed E-state index contributed by atoms with van der Waals surface area (Å²) in [6.45, 7) is 11.2. The molecule has 0 radical (unpaired) electrons. The number of para-hydroxylation sites is 1. The molecule has 1 aromatic heterocycles. The summed E-state index contributed by atoms with van der Waals surface area (Å²) in [5, 5.41) is 15.5. The zero-order chi connectivity index (χ0) is 25.2. The Bertz CT molecular complexity index is 1020. The highest BCUT2D eigenvalue weighted by molar-refractivity contribution is 5.43. The molecule has 1 unspecified atom stereocenters. The van der Waals surface area contributed by atoms with Crippen LogP contribution in [0.15, 0.2) is 54.6 Å². The minimum absolute atomic E-state index is 0.307. The lowest BCUT2D eigenvalue weighted by atomic mass is 10.1. The second kappa shape index (κ2) is 13.4. The molecule has 0 aliphatic heterocycles. The molecule has 3 aromatic rings. The van der Waals surface area contributed by atoms with E-state index in [2.05, 4.69) is 32.6 Å². The normalized spacial score (nSPS) is 12.5. The maximum Gasteiger partial charge on any atom is 0.227 e. The molecule has 2 aromatic carbocycles. The maximum absolute atomic E-state index is 13.5. The molecule has 1 heterocycles. The molecular formula is C28H38FN3O3. The number of ether oxygens (including phenoxy) is 2. The van der Waals surface area contributed by atoms with Crippen LogP contribution in [0, 0.1) is 11.7 Å². The number of halogens is 1. The van der Waals surface area contributed by atoms with E-state index in [4.69, 9.17) is 14.6 Å². The maximum atomic E-state index is 13.5. The number of benzene rings is 2. The van der Waals surface area contributed by atoms with Gasteiger partial charge in [-0.05, 0) is 61.7 Å². The van der Waals surface area contributed by atoms with Gasteiger partial charge in [-0.3, -0.25) is 4.90 Å². The Morgan fingerprint density at radius 3 is 2.37 bits per heavy atom. The van der Waals surface area contributed by atoms with E-state index in [1.54, 1.807) is 12.1 Å². The summed E-state index contributed by atoms with van der Waals surface area (Å²) < 4.78 is 27.3. The van der Waals surface area contributed by atoms with Crippen LogP contribution in [0.1, 0.15) is 45.4 Å². The zero-order valence-electron chi connectivity index (χ0n) is 21.3. The quantitative estimate of drug-likeness (QED) is 0.323. The van der Waals surface area contributed by atoms with E-state index in [0.29, 0.717) is 43.9 Å². The van der Waals surface area contributed by atoms with Crippen molar-refractivity contribution in [1.29, 1.82) is 0 Å². The largest absolute Gasteiger partial charge is 0.439 e. The number of rotatable bonds is 14. The van der Waals surface area contributed by atoms with Crippen molar-refractivity contribution in [2.24, 2.45) is 5.92 Å². The lowest BCUT2D eigenvalue weighted by molar-refractivity contribution is 0.00680. The number of aryl methyl sites for hydroxylation is 1. The van der Waals surface area contributed by atoms with Gasteiger partial charge in [0.15, 0.2) is 0 Å².